The van der Waals surface area contributed by atoms with Gasteiger partial charge in [0.1, 0.15) is 11.3 Å². The van der Waals surface area contributed by atoms with E-state index in [0.29, 0.717) is 12.0 Å². The van der Waals surface area contributed by atoms with Gasteiger partial charge < -0.3 is 14.5 Å². The number of aromatic nitrogens is 1. The number of unbranched alkanes of at least 4 members (excludes halogenated alkanes) is 2. The molecule has 0 radical (unpaired) electrons. The molecular weight excluding hydrogens is 414 g/mol. The number of Topliss-reactive ketones (excluding diaryl/α,β-unsaturated/α-hetero) is 1. The highest BCUT2D eigenvalue weighted by Gasteiger charge is 2.24. The third-order valence-corrected chi connectivity index (χ3v) is 6.98. The van der Waals surface area contributed by atoms with E-state index >= 15 is 0 Å². The van der Waals surface area contributed by atoms with E-state index in [9.17, 15) is 14.7 Å². The van der Waals surface area contributed by atoms with Crippen molar-refractivity contribution in [3.63, 3.8) is 0 Å². The second-order valence-corrected chi connectivity index (χ2v) is 9.19. The van der Waals surface area contributed by atoms with Gasteiger partial charge in [0.15, 0.2) is 5.78 Å². The molecule has 0 bridgehead atoms. The first kappa shape index (κ1) is 21.5. The topological polar surface area (TPSA) is 83.3 Å². The summed E-state index contributed by atoms with van der Waals surface area (Å²) in [7, 11) is 0. The summed E-state index contributed by atoms with van der Waals surface area (Å²) < 4.78 is 5.93. The third-order valence-electron chi connectivity index (χ3n) is 6.98. The molecule has 2 aromatic heterocycles. The van der Waals surface area contributed by atoms with Crippen LogP contribution < -0.4 is 0 Å². The lowest BCUT2D eigenvalue weighted by atomic mass is 9.92. The first-order valence-electron chi connectivity index (χ1n) is 12.0. The van der Waals surface area contributed by atoms with Gasteiger partial charge in [0, 0.05) is 46.5 Å². The molecule has 2 aromatic carbocycles. The van der Waals surface area contributed by atoms with Crippen LogP contribution in [0.2, 0.25) is 0 Å². The maximum absolute atomic E-state index is 12.8. The van der Waals surface area contributed by atoms with Crippen molar-refractivity contribution < 1.29 is 19.1 Å². The van der Waals surface area contributed by atoms with Gasteiger partial charge in [-0.25, -0.2) is 0 Å². The number of hydrogen-bond donors (Lipinski definition) is 2. The Labute approximate surface area is 192 Å². The Morgan fingerprint density at radius 2 is 1.91 bits per heavy atom. The monoisotopic (exact) mass is 443 g/mol. The molecule has 2 N–H and O–H groups in total. The minimum absolute atomic E-state index is 0.0315. The standard InChI is InChI=1S/C28H29NO4/c30-25(18-13-14-23-22-10-6-12-26(22)33-27(23)16-18)15-19(28(31)32)7-2-1-3-8-20-17-29-24-11-5-4-9-21(20)24/h4-5,9,11,13-14,16-17,19,29H,1-3,6-8,10,12,15H2,(H,31,32)/t19-/m0/s1. The van der Waals surface area contributed by atoms with Gasteiger partial charge in [0.25, 0.3) is 0 Å². The SMILES string of the molecule is O=C(C[C@H](CCCCCc1c[nH]c2ccccc12)C(=O)O)c1ccc2c3c(oc2c1)CCC3. The summed E-state index contributed by atoms with van der Waals surface area (Å²) in [5.74, 6) is -0.633. The summed E-state index contributed by atoms with van der Waals surface area (Å²) in [6, 6.07) is 13.8. The molecule has 2 heterocycles. The quantitative estimate of drug-likeness (QED) is 0.217. The largest absolute Gasteiger partial charge is 0.481 e. The fraction of sp³-hybridized carbons (Fsp3) is 0.357. The van der Waals surface area contributed by atoms with Crippen molar-refractivity contribution in [2.75, 3.05) is 0 Å². The summed E-state index contributed by atoms with van der Waals surface area (Å²) in [4.78, 5) is 27.9. The molecule has 170 valence electrons. The molecule has 5 rings (SSSR count). The number of para-hydroxylation sites is 1. The maximum Gasteiger partial charge on any atom is 0.306 e. The number of H-pyrrole nitrogens is 1. The molecule has 1 aliphatic carbocycles. The Bertz CT molecular complexity index is 1310. The van der Waals surface area contributed by atoms with Crippen molar-refractivity contribution in [2.45, 2.75) is 57.8 Å². The lowest BCUT2D eigenvalue weighted by Crippen LogP contribution is -2.18. The van der Waals surface area contributed by atoms with Crippen LogP contribution in [-0.2, 0) is 24.1 Å². The maximum atomic E-state index is 12.8. The van der Waals surface area contributed by atoms with Crippen LogP contribution in [0, 0.1) is 5.92 Å². The molecule has 5 nitrogen and oxygen atoms in total. The van der Waals surface area contributed by atoms with Gasteiger partial charge in [-0.15, -0.1) is 0 Å². The van der Waals surface area contributed by atoms with Crippen molar-refractivity contribution in [2.24, 2.45) is 5.92 Å². The number of nitrogens with one attached hydrogen (secondary N) is 1. The van der Waals surface area contributed by atoms with Gasteiger partial charge in [-0.05, 0) is 49.8 Å². The molecule has 5 heteroatoms. The Morgan fingerprint density at radius 3 is 2.79 bits per heavy atom. The summed E-state index contributed by atoms with van der Waals surface area (Å²) in [6.07, 6.45) is 9.43. The number of carboxylic acid groups (broad SMARTS) is 1. The van der Waals surface area contributed by atoms with Gasteiger partial charge >= 0.3 is 5.97 Å². The number of aryl methyl sites for hydroxylation is 3. The average Bonchev–Trinajstić information content (AvgIpc) is 3.52. The second kappa shape index (κ2) is 9.26. The predicted octanol–water partition coefficient (Wildman–Crippen LogP) is 6.48. The van der Waals surface area contributed by atoms with E-state index in [1.54, 1.807) is 6.07 Å². The zero-order valence-corrected chi connectivity index (χ0v) is 18.7. The summed E-state index contributed by atoms with van der Waals surface area (Å²) in [5, 5.41) is 12.0. The van der Waals surface area contributed by atoms with Crippen LogP contribution >= 0.6 is 0 Å². The highest BCUT2D eigenvalue weighted by atomic mass is 16.4. The number of aliphatic carboxylic acids is 1. The number of rotatable bonds is 10. The van der Waals surface area contributed by atoms with E-state index in [1.807, 2.05) is 24.3 Å². The molecule has 0 fully saturated rings. The van der Waals surface area contributed by atoms with Gasteiger partial charge in [0.2, 0.25) is 0 Å². The second-order valence-electron chi connectivity index (χ2n) is 9.19. The molecule has 0 saturated carbocycles. The molecule has 4 aromatic rings. The molecule has 1 aliphatic rings. The van der Waals surface area contributed by atoms with E-state index < -0.39 is 11.9 Å². The van der Waals surface area contributed by atoms with E-state index in [0.717, 1.165) is 67.2 Å². The number of carbonyl (C=O) groups excluding carboxylic acids is 1. The number of furan rings is 1. The van der Waals surface area contributed by atoms with Crippen LogP contribution in [-0.4, -0.2) is 21.8 Å². The minimum Gasteiger partial charge on any atom is -0.481 e. The molecular formula is C28H29NO4. The van der Waals surface area contributed by atoms with Crippen LogP contribution in [0.5, 0.6) is 0 Å². The average molecular weight is 444 g/mol. The highest BCUT2D eigenvalue weighted by molar-refractivity contribution is 6.01. The Hall–Kier alpha value is -3.34. The van der Waals surface area contributed by atoms with Crippen LogP contribution in [0.1, 0.15) is 65.8 Å². The van der Waals surface area contributed by atoms with E-state index in [-0.39, 0.29) is 12.2 Å². The number of carboxylic acids is 1. The Kier molecular flexibility index (Phi) is 6.03. The first-order chi connectivity index (χ1) is 16.1. The van der Waals surface area contributed by atoms with Gasteiger partial charge in [0.05, 0.1) is 5.92 Å². The lowest BCUT2D eigenvalue weighted by molar-refractivity contribution is -0.141. The van der Waals surface area contributed by atoms with E-state index in [2.05, 4.69) is 23.3 Å². The number of hydrogen-bond acceptors (Lipinski definition) is 3. The molecule has 0 spiro atoms. The lowest BCUT2D eigenvalue weighted by Gasteiger charge is -2.11. The molecule has 0 saturated heterocycles. The predicted molar refractivity (Wildman–Crippen MR) is 129 cm³/mol. The van der Waals surface area contributed by atoms with Crippen molar-refractivity contribution in [3.8, 4) is 0 Å². The van der Waals surface area contributed by atoms with Crippen molar-refractivity contribution in [1.29, 1.82) is 0 Å². The van der Waals surface area contributed by atoms with Crippen LogP contribution in [0.25, 0.3) is 21.9 Å². The number of benzene rings is 2. The Balaban J connectivity index is 1.14. The number of carbonyl (C=O) groups is 2. The molecule has 0 amide bonds. The van der Waals surface area contributed by atoms with Crippen molar-refractivity contribution >= 4 is 33.6 Å². The van der Waals surface area contributed by atoms with Gasteiger partial charge in [-0.3, -0.25) is 9.59 Å². The Morgan fingerprint density at radius 1 is 1.03 bits per heavy atom. The molecule has 0 unspecified atom stereocenters. The van der Waals surface area contributed by atoms with E-state index in [4.69, 9.17) is 4.42 Å². The highest BCUT2D eigenvalue weighted by Crippen LogP contribution is 2.33. The van der Waals surface area contributed by atoms with Crippen LogP contribution in [0.4, 0.5) is 0 Å². The fourth-order valence-electron chi connectivity index (χ4n) is 5.15. The molecule has 1 atom stereocenters. The van der Waals surface area contributed by atoms with Crippen molar-refractivity contribution in [3.05, 3.63) is 71.1 Å². The first-order valence-corrected chi connectivity index (χ1v) is 12.0. The molecule has 0 aliphatic heterocycles. The third kappa shape index (κ3) is 4.45. The number of aromatic amines is 1. The van der Waals surface area contributed by atoms with Crippen LogP contribution in [0.3, 0.4) is 0 Å². The van der Waals surface area contributed by atoms with Crippen molar-refractivity contribution in [1.82, 2.24) is 4.98 Å². The summed E-state index contributed by atoms with van der Waals surface area (Å²) in [6.45, 7) is 0. The summed E-state index contributed by atoms with van der Waals surface area (Å²) >= 11 is 0. The van der Waals surface area contributed by atoms with Gasteiger partial charge in [-0.2, -0.15) is 0 Å². The summed E-state index contributed by atoms with van der Waals surface area (Å²) in [5.41, 5.74) is 5.00. The number of ketones is 1. The van der Waals surface area contributed by atoms with Gasteiger partial charge in [-0.1, -0.05) is 43.2 Å². The number of fused-ring (bicyclic) bond motifs is 4. The zero-order chi connectivity index (χ0) is 22.8. The van der Waals surface area contributed by atoms with E-state index in [1.165, 1.54) is 16.5 Å². The zero-order valence-electron chi connectivity index (χ0n) is 18.7. The minimum atomic E-state index is -0.891. The fourth-order valence-corrected chi connectivity index (χ4v) is 5.15. The molecule has 33 heavy (non-hydrogen) atoms. The normalized spacial score (nSPS) is 14.1. The smallest absolute Gasteiger partial charge is 0.306 e. The van der Waals surface area contributed by atoms with Crippen LogP contribution in [0.15, 0.2) is 53.1 Å².